The van der Waals surface area contributed by atoms with E-state index in [0.29, 0.717) is 17.3 Å². The number of aromatic nitrogens is 1. The van der Waals surface area contributed by atoms with Crippen LogP contribution in [0.5, 0.6) is 0 Å². The predicted octanol–water partition coefficient (Wildman–Crippen LogP) is 3.34. The Kier molecular flexibility index (Phi) is 6.48. The fourth-order valence-corrected chi connectivity index (χ4v) is 4.81. The molecule has 0 aliphatic rings. The van der Waals surface area contributed by atoms with E-state index in [1.165, 1.54) is 11.3 Å². The summed E-state index contributed by atoms with van der Waals surface area (Å²) in [5, 5.41) is 6.63. The molecular formula is C18H19N3O3S3. The van der Waals surface area contributed by atoms with Gasteiger partial charge in [0.15, 0.2) is 5.13 Å². The van der Waals surface area contributed by atoms with Crippen LogP contribution in [0.15, 0.2) is 58.9 Å². The Bertz CT molecular complexity index is 1020. The van der Waals surface area contributed by atoms with Gasteiger partial charge >= 0.3 is 0 Å². The molecular weight excluding hydrogens is 402 g/mol. The zero-order valence-corrected chi connectivity index (χ0v) is 17.0. The molecule has 0 spiro atoms. The maximum Gasteiger partial charge on any atom is 0.244 e. The SMILES string of the molecule is CSCC[C@H](NS(=O)(=O)c1ccc2ccccc2c1)C(=O)Nc1nccs1. The lowest BCUT2D eigenvalue weighted by atomic mass is 10.1. The van der Waals surface area contributed by atoms with Crippen molar-refractivity contribution in [3.8, 4) is 0 Å². The maximum atomic E-state index is 12.8. The molecule has 3 aromatic rings. The number of thiazole rings is 1. The molecule has 0 bridgehead atoms. The highest BCUT2D eigenvalue weighted by molar-refractivity contribution is 7.98. The van der Waals surface area contributed by atoms with Gasteiger partial charge < -0.3 is 5.32 Å². The molecule has 0 saturated heterocycles. The highest BCUT2D eigenvalue weighted by Crippen LogP contribution is 2.20. The quantitative estimate of drug-likeness (QED) is 0.582. The number of carbonyl (C=O) groups is 1. The van der Waals surface area contributed by atoms with Gasteiger partial charge in [-0.3, -0.25) is 4.79 Å². The Morgan fingerprint density at radius 2 is 2.00 bits per heavy atom. The zero-order valence-electron chi connectivity index (χ0n) is 14.6. The van der Waals surface area contributed by atoms with Crippen molar-refractivity contribution in [3.05, 3.63) is 54.0 Å². The summed E-state index contributed by atoms with van der Waals surface area (Å²) in [4.78, 5) is 16.7. The van der Waals surface area contributed by atoms with Crippen LogP contribution in [0.4, 0.5) is 5.13 Å². The third kappa shape index (κ3) is 5.07. The lowest BCUT2D eigenvalue weighted by Crippen LogP contribution is -2.44. The Morgan fingerprint density at radius 1 is 1.22 bits per heavy atom. The summed E-state index contributed by atoms with van der Waals surface area (Å²) >= 11 is 2.83. The normalized spacial score (nSPS) is 12.8. The minimum Gasteiger partial charge on any atom is -0.301 e. The molecule has 2 aromatic carbocycles. The molecule has 3 rings (SSSR count). The smallest absolute Gasteiger partial charge is 0.244 e. The summed E-state index contributed by atoms with van der Waals surface area (Å²) < 4.78 is 28.2. The van der Waals surface area contributed by atoms with Crippen molar-refractivity contribution in [2.24, 2.45) is 0 Å². The number of nitrogens with one attached hydrogen (secondary N) is 2. The van der Waals surface area contributed by atoms with Crippen LogP contribution in [-0.4, -0.2) is 37.4 Å². The molecule has 0 saturated carbocycles. The monoisotopic (exact) mass is 421 g/mol. The second-order valence-electron chi connectivity index (χ2n) is 5.79. The van der Waals surface area contributed by atoms with Crippen LogP contribution in [0.25, 0.3) is 10.8 Å². The average Bonchev–Trinajstić information content (AvgIpc) is 3.17. The molecule has 2 N–H and O–H groups in total. The van der Waals surface area contributed by atoms with E-state index in [9.17, 15) is 13.2 Å². The molecule has 1 atom stereocenters. The van der Waals surface area contributed by atoms with Gasteiger partial charge in [0.05, 0.1) is 4.90 Å². The highest BCUT2D eigenvalue weighted by Gasteiger charge is 2.26. The highest BCUT2D eigenvalue weighted by atomic mass is 32.2. The molecule has 27 heavy (non-hydrogen) atoms. The van der Waals surface area contributed by atoms with Crippen LogP contribution in [0.2, 0.25) is 0 Å². The fourth-order valence-electron chi connectivity index (χ4n) is 2.55. The summed E-state index contributed by atoms with van der Waals surface area (Å²) in [5.74, 6) is 0.235. The molecule has 1 amide bonds. The number of thioether (sulfide) groups is 1. The number of fused-ring (bicyclic) bond motifs is 1. The lowest BCUT2D eigenvalue weighted by Gasteiger charge is -2.17. The molecule has 0 aliphatic heterocycles. The molecule has 0 radical (unpaired) electrons. The third-order valence-corrected chi connectivity index (χ3v) is 6.72. The summed E-state index contributed by atoms with van der Waals surface area (Å²) in [6.07, 6.45) is 3.87. The molecule has 142 valence electrons. The van der Waals surface area contributed by atoms with Gasteiger partial charge in [0.2, 0.25) is 15.9 Å². The number of sulfonamides is 1. The van der Waals surface area contributed by atoms with Gasteiger partial charge in [-0.25, -0.2) is 13.4 Å². The Hall–Kier alpha value is -1.94. The summed E-state index contributed by atoms with van der Waals surface area (Å²) in [6.45, 7) is 0. The lowest BCUT2D eigenvalue weighted by molar-refractivity contribution is -0.117. The van der Waals surface area contributed by atoms with Crippen molar-refractivity contribution in [2.45, 2.75) is 17.4 Å². The van der Waals surface area contributed by atoms with Crippen molar-refractivity contribution in [3.63, 3.8) is 0 Å². The van der Waals surface area contributed by atoms with E-state index in [4.69, 9.17) is 0 Å². The van der Waals surface area contributed by atoms with E-state index in [0.717, 1.165) is 10.8 Å². The molecule has 6 nitrogen and oxygen atoms in total. The topological polar surface area (TPSA) is 88.2 Å². The van der Waals surface area contributed by atoms with E-state index in [1.54, 1.807) is 41.5 Å². The fraction of sp³-hybridized carbons (Fsp3) is 0.222. The van der Waals surface area contributed by atoms with Crippen LogP contribution in [0.3, 0.4) is 0 Å². The second kappa shape index (κ2) is 8.83. The van der Waals surface area contributed by atoms with Crippen LogP contribution in [-0.2, 0) is 14.8 Å². The van der Waals surface area contributed by atoms with Crippen LogP contribution < -0.4 is 10.0 Å². The van der Waals surface area contributed by atoms with E-state index >= 15 is 0 Å². The van der Waals surface area contributed by atoms with E-state index in [1.807, 2.05) is 30.5 Å². The predicted molar refractivity (Wildman–Crippen MR) is 112 cm³/mol. The summed E-state index contributed by atoms with van der Waals surface area (Å²) in [6, 6.07) is 11.6. The van der Waals surface area contributed by atoms with Gasteiger partial charge in [-0.15, -0.1) is 11.3 Å². The first kappa shape index (κ1) is 19.8. The zero-order chi connectivity index (χ0) is 19.3. The molecule has 1 heterocycles. The van der Waals surface area contributed by atoms with E-state index in [2.05, 4.69) is 15.0 Å². The van der Waals surface area contributed by atoms with Gasteiger partial charge in [-0.05, 0) is 41.3 Å². The van der Waals surface area contributed by atoms with Gasteiger partial charge in [0.1, 0.15) is 6.04 Å². The Morgan fingerprint density at radius 3 is 2.70 bits per heavy atom. The molecule has 0 unspecified atom stereocenters. The number of amides is 1. The second-order valence-corrected chi connectivity index (χ2v) is 9.38. The Balaban J connectivity index is 1.82. The van der Waals surface area contributed by atoms with Gasteiger partial charge in [-0.1, -0.05) is 30.3 Å². The number of nitrogens with zero attached hydrogens (tertiary/aromatic N) is 1. The van der Waals surface area contributed by atoms with Gasteiger partial charge in [-0.2, -0.15) is 16.5 Å². The number of hydrogen-bond donors (Lipinski definition) is 2. The maximum absolute atomic E-state index is 12.8. The number of benzene rings is 2. The van der Waals surface area contributed by atoms with Crippen molar-refractivity contribution in [1.29, 1.82) is 0 Å². The Labute approximate surface area is 166 Å². The van der Waals surface area contributed by atoms with Gasteiger partial charge in [0, 0.05) is 11.6 Å². The van der Waals surface area contributed by atoms with E-state index < -0.39 is 22.0 Å². The number of carbonyl (C=O) groups excluding carboxylic acids is 1. The first-order valence-electron chi connectivity index (χ1n) is 8.20. The standard InChI is InChI=1S/C18H19N3O3S3/c1-25-10-8-16(17(22)20-18-19-9-11-26-18)21-27(23,24)15-7-6-13-4-2-3-5-14(13)12-15/h2-7,9,11-12,16,21H,8,10H2,1H3,(H,19,20,22)/t16-/m0/s1. The average molecular weight is 422 g/mol. The van der Waals surface area contributed by atoms with Gasteiger partial charge in [0.25, 0.3) is 0 Å². The van der Waals surface area contributed by atoms with Crippen molar-refractivity contribution in [1.82, 2.24) is 9.71 Å². The molecule has 9 heteroatoms. The third-order valence-electron chi connectivity index (χ3n) is 3.92. The van der Waals surface area contributed by atoms with E-state index in [-0.39, 0.29) is 4.90 Å². The van der Waals surface area contributed by atoms with Crippen LogP contribution in [0, 0.1) is 0 Å². The molecule has 1 aromatic heterocycles. The first-order valence-corrected chi connectivity index (χ1v) is 12.0. The number of hydrogen-bond acceptors (Lipinski definition) is 6. The first-order chi connectivity index (χ1) is 13.0. The largest absolute Gasteiger partial charge is 0.301 e. The van der Waals surface area contributed by atoms with Crippen LogP contribution >= 0.6 is 23.1 Å². The number of anilines is 1. The summed E-state index contributed by atoms with van der Waals surface area (Å²) in [5.41, 5.74) is 0. The summed E-state index contributed by atoms with van der Waals surface area (Å²) in [7, 11) is -3.84. The molecule has 0 fully saturated rings. The minimum atomic E-state index is -3.84. The van der Waals surface area contributed by atoms with Crippen LogP contribution in [0.1, 0.15) is 6.42 Å². The van der Waals surface area contributed by atoms with Crippen molar-refractivity contribution < 1.29 is 13.2 Å². The molecule has 0 aliphatic carbocycles. The van der Waals surface area contributed by atoms with Crippen molar-refractivity contribution in [2.75, 3.05) is 17.3 Å². The minimum absolute atomic E-state index is 0.136. The number of rotatable bonds is 8. The van der Waals surface area contributed by atoms with Crippen molar-refractivity contribution >= 4 is 54.9 Å².